The molecule has 14 heavy (non-hydrogen) atoms. The Morgan fingerprint density at radius 2 is 1.57 bits per heavy atom. The van der Waals surface area contributed by atoms with Crippen molar-refractivity contribution < 1.29 is 10.2 Å². The summed E-state index contributed by atoms with van der Waals surface area (Å²) in [5.74, 6) is 0. The predicted molar refractivity (Wildman–Crippen MR) is 52.6 cm³/mol. The molecule has 2 heteroatoms. The summed E-state index contributed by atoms with van der Waals surface area (Å²) in [6, 6.07) is 10.4. The minimum Gasteiger partial charge on any atom is -0.368 e. The summed E-state index contributed by atoms with van der Waals surface area (Å²) in [6.07, 6.45) is 1.72. The first-order valence-electron chi connectivity index (χ1n) is 5.09. The van der Waals surface area contributed by atoms with Crippen LogP contribution in [0.2, 0.25) is 0 Å². The fourth-order valence-corrected chi connectivity index (χ4v) is 3.24. The van der Waals surface area contributed by atoms with Crippen molar-refractivity contribution in [1.82, 2.24) is 0 Å². The van der Waals surface area contributed by atoms with E-state index in [0.29, 0.717) is 0 Å². The molecule has 3 saturated carbocycles. The summed E-state index contributed by atoms with van der Waals surface area (Å²) in [6.45, 7) is 0. The second kappa shape index (κ2) is 2.38. The summed E-state index contributed by atoms with van der Waals surface area (Å²) < 4.78 is 0. The molecule has 1 aromatic rings. The Morgan fingerprint density at radius 3 is 2.07 bits per heavy atom. The molecule has 1 aromatic carbocycles. The monoisotopic (exact) mass is 190 g/mol. The van der Waals surface area contributed by atoms with Crippen LogP contribution in [-0.4, -0.2) is 16.5 Å². The zero-order valence-electron chi connectivity index (χ0n) is 7.98. The average molecular weight is 190 g/mol. The fourth-order valence-electron chi connectivity index (χ4n) is 3.24. The number of hydrogen-bond donors (Lipinski definition) is 2. The van der Waals surface area contributed by atoms with Gasteiger partial charge in [-0.05, 0) is 30.2 Å². The van der Waals surface area contributed by atoms with E-state index in [-0.39, 0.29) is 10.8 Å². The van der Waals surface area contributed by atoms with Gasteiger partial charge in [-0.2, -0.15) is 0 Å². The lowest BCUT2D eigenvalue weighted by Gasteiger charge is -2.71. The van der Waals surface area contributed by atoms with Gasteiger partial charge in [-0.1, -0.05) is 30.3 Å². The molecule has 0 unspecified atom stereocenters. The highest BCUT2D eigenvalue weighted by Gasteiger charge is 2.70. The first kappa shape index (κ1) is 8.45. The van der Waals surface area contributed by atoms with E-state index < -0.39 is 6.29 Å². The Labute approximate surface area is 83.2 Å². The van der Waals surface area contributed by atoms with Crippen LogP contribution in [-0.2, 0) is 5.41 Å². The van der Waals surface area contributed by atoms with E-state index in [9.17, 15) is 10.2 Å². The van der Waals surface area contributed by atoms with E-state index in [0.717, 1.165) is 19.3 Å². The predicted octanol–water partition coefficient (Wildman–Crippen LogP) is 1.42. The number of aliphatic hydroxyl groups is 2. The molecule has 0 aliphatic heterocycles. The highest BCUT2D eigenvalue weighted by molar-refractivity contribution is 5.38. The van der Waals surface area contributed by atoms with Gasteiger partial charge in [-0.25, -0.2) is 0 Å². The molecule has 3 aliphatic rings. The third kappa shape index (κ3) is 0.830. The average Bonchev–Trinajstić information content (AvgIpc) is 2.00. The van der Waals surface area contributed by atoms with Gasteiger partial charge in [-0.15, -0.1) is 0 Å². The van der Waals surface area contributed by atoms with E-state index in [2.05, 4.69) is 24.3 Å². The van der Waals surface area contributed by atoms with Crippen LogP contribution in [0.15, 0.2) is 30.3 Å². The molecule has 0 saturated heterocycles. The summed E-state index contributed by atoms with van der Waals surface area (Å²) in [7, 11) is 0. The molecule has 2 N–H and O–H groups in total. The van der Waals surface area contributed by atoms with Crippen molar-refractivity contribution in [3.05, 3.63) is 35.9 Å². The minimum absolute atomic E-state index is 0.157. The molecule has 0 radical (unpaired) electrons. The lowest BCUT2D eigenvalue weighted by atomic mass is 9.33. The third-order valence-electron chi connectivity index (χ3n) is 4.01. The van der Waals surface area contributed by atoms with Gasteiger partial charge in [0.2, 0.25) is 0 Å². The Kier molecular flexibility index (Phi) is 1.44. The summed E-state index contributed by atoms with van der Waals surface area (Å²) in [4.78, 5) is 0. The van der Waals surface area contributed by atoms with Crippen molar-refractivity contribution in [1.29, 1.82) is 0 Å². The van der Waals surface area contributed by atoms with Crippen LogP contribution in [0, 0.1) is 5.41 Å². The zero-order valence-corrected chi connectivity index (χ0v) is 7.98. The smallest absolute Gasteiger partial charge is 0.157 e. The van der Waals surface area contributed by atoms with Crippen LogP contribution >= 0.6 is 0 Å². The summed E-state index contributed by atoms with van der Waals surface area (Å²) >= 11 is 0. The lowest BCUT2D eigenvalue weighted by molar-refractivity contribution is -0.275. The van der Waals surface area contributed by atoms with Crippen molar-refractivity contribution in [3.8, 4) is 0 Å². The Hall–Kier alpha value is -0.860. The molecule has 0 aromatic heterocycles. The van der Waals surface area contributed by atoms with Crippen LogP contribution in [0.1, 0.15) is 24.8 Å². The van der Waals surface area contributed by atoms with Crippen LogP contribution in [0.3, 0.4) is 0 Å². The molecular weight excluding hydrogens is 176 g/mol. The summed E-state index contributed by atoms with van der Waals surface area (Å²) in [5, 5.41) is 18.4. The van der Waals surface area contributed by atoms with Gasteiger partial charge in [0, 0.05) is 5.41 Å². The quantitative estimate of drug-likeness (QED) is 0.692. The largest absolute Gasteiger partial charge is 0.368 e. The van der Waals surface area contributed by atoms with E-state index in [1.165, 1.54) is 5.56 Å². The maximum absolute atomic E-state index is 9.19. The van der Waals surface area contributed by atoms with Gasteiger partial charge in [0.15, 0.2) is 6.29 Å². The molecule has 0 atom stereocenters. The van der Waals surface area contributed by atoms with Gasteiger partial charge in [-0.3, -0.25) is 0 Å². The maximum atomic E-state index is 9.19. The SMILES string of the molecule is OC(O)C12CC(c3ccccc3)(C1)C2. The van der Waals surface area contributed by atoms with Crippen LogP contribution in [0.4, 0.5) is 0 Å². The number of aliphatic hydroxyl groups excluding tert-OH is 1. The van der Waals surface area contributed by atoms with Crippen LogP contribution in [0.5, 0.6) is 0 Å². The van der Waals surface area contributed by atoms with Gasteiger partial charge in [0.1, 0.15) is 0 Å². The van der Waals surface area contributed by atoms with Crippen LogP contribution in [0.25, 0.3) is 0 Å². The third-order valence-corrected chi connectivity index (χ3v) is 4.01. The highest BCUT2D eigenvalue weighted by Crippen LogP contribution is 2.74. The molecule has 0 spiro atoms. The molecule has 3 aliphatic carbocycles. The fraction of sp³-hybridized carbons (Fsp3) is 0.500. The Balaban J connectivity index is 1.82. The minimum atomic E-state index is -1.12. The molecule has 4 rings (SSSR count). The second-order valence-corrected chi connectivity index (χ2v) is 4.91. The number of rotatable bonds is 2. The molecule has 0 amide bonds. The van der Waals surface area contributed by atoms with Crippen molar-refractivity contribution in [2.75, 3.05) is 0 Å². The number of hydrogen-bond acceptors (Lipinski definition) is 2. The van der Waals surface area contributed by atoms with Crippen molar-refractivity contribution >= 4 is 0 Å². The molecule has 2 nitrogen and oxygen atoms in total. The first-order valence-corrected chi connectivity index (χ1v) is 5.09. The lowest BCUT2D eigenvalue weighted by Crippen LogP contribution is -2.69. The summed E-state index contributed by atoms with van der Waals surface area (Å²) in [5.41, 5.74) is 1.49. The van der Waals surface area contributed by atoms with Gasteiger partial charge in [0.05, 0.1) is 0 Å². The Bertz CT molecular complexity index is 336. The van der Waals surface area contributed by atoms with Crippen LogP contribution < -0.4 is 0 Å². The van der Waals surface area contributed by atoms with E-state index >= 15 is 0 Å². The van der Waals surface area contributed by atoms with Gasteiger partial charge < -0.3 is 10.2 Å². The van der Waals surface area contributed by atoms with E-state index in [1.54, 1.807) is 0 Å². The second-order valence-electron chi connectivity index (χ2n) is 4.91. The molecule has 0 heterocycles. The molecule has 74 valence electrons. The van der Waals surface area contributed by atoms with Gasteiger partial charge >= 0.3 is 0 Å². The van der Waals surface area contributed by atoms with E-state index in [1.807, 2.05) is 6.07 Å². The highest BCUT2D eigenvalue weighted by atomic mass is 16.5. The zero-order chi connectivity index (χ0) is 9.81. The van der Waals surface area contributed by atoms with Gasteiger partial charge in [0.25, 0.3) is 0 Å². The number of benzene rings is 1. The van der Waals surface area contributed by atoms with Crippen molar-refractivity contribution in [2.45, 2.75) is 31.0 Å². The maximum Gasteiger partial charge on any atom is 0.157 e. The van der Waals surface area contributed by atoms with Crippen molar-refractivity contribution in [2.24, 2.45) is 5.41 Å². The molecular formula is C12H14O2. The normalized spacial score (nSPS) is 39.1. The standard InChI is InChI=1S/C12H14O2/c13-10(14)12-6-11(7-12,8-12)9-4-2-1-3-5-9/h1-5,10,13-14H,6-8H2. The van der Waals surface area contributed by atoms with E-state index in [4.69, 9.17) is 0 Å². The topological polar surface area (TPSA) is 40.5 Å². The first-order chi connectivity index (χ1) is 6.67. The Morgan fingerprint density at radius 1 is 1.00 bits per heavy atom. The van der Waals surface area contributed by atoms with Crippen molar-refractivity contribution in [3.63, 3.8) is 0 Å². The molecule has 2 bridgehead atoms. The molecule has 3 fully saturated rings.